The van der Waals surface area contributed by atoms with Gasteiger partial charge in [0.1, 0.15) is 5.25 Å². The van der Waals surface area contributed by atoms with Crippen LogP contribution in [0.1, 0.15) is 62.1 Å². The second-order valence-corrected chi connectivity index (χ2v) is 12.1. The molecule has 2 aliphatic carbocycles. The fourth-order valence-electron chi connectivity index (χ4n) is 4.37. The maximum absolute atomic E-state index is 12.0. The van der Waals surface area contributed by atoms with Crippen molar-refractivity contribution in [1.82, 2.24) is 0 Å². The predicted molar refractivity (Wildman–Crippen MR) is 110 cm³/mol. The molecule has 10 heteroatoms. The quantitative estimate of drug-likeness (QED) is 0.319. The van der Waals surface area contributed by atoms with Crippen LogP contribution in [0.5, 0.6) is 0 Å². The Labute approximate surface area is 278 Å². The Hall–Kier alpha value is 4.05. The van der Waals surface area contributed by atoms with Crippen LogP contribution in [0.15, 0.2) is 0 Å². The van der Waals surface area contributed by atoms with Crippen molar-refractivity contribution >= 4 is 39.4 Å². The van der Waals surface area contributed by atoms with Gasteiger partial charge in [-0.25, -0.2) is 0 Å². The molecule has 1 N–H and O–H groups in total. The molecule has 160 valence electrons. The molecule has 0 aromatic carbocycles. The largest absolute Gasteiger partial charge is 1.00 e. The first kappa shape index (κ1) is 34.2. The van der Waals surface area contributed by atoms with Crippen LogP contribution in [0, 0.1) is 16.7 Å². The van der Waals surface area contributed by atoms with E-state index in [9.17, 15) is 13.2 Å². The summed E-state index contributed by atoms with van der Waals surface area (Å²) < 4.78 is 31.5. The molecule has 2 saturated heterocycles. The smallest absolute Gasteiger partial charge is 1.00 e. The van der Waals surface area contributed by atoms with E-state index in [2.05, 4.69) is 23.5 Å². The number of thioether (sulfide) groups is 2. The van der Waals surface area contributed by atoms with Gasteiger partial charge in [0.25, 0.3) is 10.1 Å². The molecule has 4 aliphatic rings. The van der Waals surface area contributed by atoms with Crippen molar-refractivity contribution < 1.29 is 140 Å². The van der Waals surface area contributed by atoms with E-state index in [-0.39, 0.29) is 139 Å². The van der Waals surface area contributed by atoms with E-state index in [4.69, 9.17) is 4.55 Å². The Kier molecular flexibility index (Phi) is 18.5. The molecule has 28 heavy (non-hydrogen) atoms. The molecule has 4 rings (SSSR count). The number of hydrogen-bond donors (Lipinski definition) is 1. The molecule has 0 aromatic rings. The Balaban J connectivity index is -0.000000191. The number of carbonyl (C=O) groups excluding carboxylic acids is 1. The number of carbonyl (C=O) groups is 1. The van der Waals surface area contributed by atoms with Crippen molar-refractivity contribution in [2.45, 2.75) is 64.5 Å². The van der Waals surface area contributed by atoms with Gasteiger partial charge in [0.2, 0.25) is 0 Å². The molecule has 2 heterocycles. The first-order chi connectivity index (χ1) is 11.6. The second-order valence-electron chi connectivity index (χ2n) is 8.14. The van der Waals surface area contributed by atoms with Crippen LogP contribution in [-0.2, 0) is 31.4 Å². The summed E-state index contributed by atoms with van der Waals surface area (Å²) in [6.45, 7) is 5.67. The number of Topliss-reactive ketones (excluding diaryl/α,β-unsaturated/α-hetero) is 1. The monoisotopic (exact) mass is 546 g/mol. The van der Waals surface area contributed by atoms with Crippen LogP contribution in [0.2, 0.25) is 0 Å². The summed E-state index contributed by atoms with van der Waals surface area (Å²) in [5.41, 5.74) is -0.914. The number of rotatable bonds is 1. The maximum Gasteiger partial charge on any atom is 1.00 e. The molecule has 2 saturated carbocycles. The standard InChI is InChI=1S/C10H16O4S.2C4H8S.2K.Ni.2H/c1-9(2)6-4-5-10(9,3)8(11)7(6)15(12,13)14;2*1-2-4-5-3-1;;;;;/h6-7H,4-5H2,1-3H3,(H,12,13,14);2*1-4H2;;;;;/q;;;2*+1;;2*-1. The Morgan fingerprint density at radius 2 is 1.36 bits per heavy atom. The topological polar surface area (TPSA) is 71.4 Å². The third kappa shape index (κ3) is 8.37. The van der Waals surface area contributed by atoms with Gasteiger partial charge in [-0.2, -0.15) is 31.9 Å². The van der Waals surface area contributed by atoms with Gasteiger partial charge < -0.3 is 2.85 Å². The van der Waals surface area contributed by atoms with Gasteiger partial charge in [-0.3, -0.25) is 9.35 Å². The molecule has 0 aromatic heterocycles. The summed E-state index contributed by atoms with van der Waals surface area (Å²) in [7, 11) is -4.24. The van der Waals surface area contributed by atoms with Gasteiger partial charge in [0, 0.05) is 21.9 Å². The van der Waals surface area contributed by atoms with Crippen molar-refractivity contribution in [1.29, 1.82) is 0 Å². The minimum atomic E-state index is -4.24. The number of ketones is 1. The predicted octanol–water partition coefficient (Wildman–Crippen LogP) is -1.47. The average Bonchev–Trinajstić information content (AvgIpc) is 3.29. The molecular formula is C18H34K2NiO4S3. The van der Waals surface area contributed by atoms with Gasteiger partial charge in [0.05, 0.1) is 0 Å². The average molecular weight is 548 g/mol. The van der Waals surface area contributed by atoms with Crippen LogP contribution in [0.3, 0.4) is 0 Å². The summed E-state index contributed by atoms with van der Waals surface area (Å²) in [6, 6.07) is 0. The van der Waals surface area contributed by atoms with Crippen molar-refractivity contribution in [2.24, 2.45) is 16.7 Å². The van der Waals surface area contributed by atoms with Crippen LogP contribution in [0.4, 0.5) is 0 Å². The molecule has 0 radical (unpaired) electrons. The van der Waals surface area contributed by atoms with Gasteiger partial charge in [-0.05, 0) is 72.9 Å². The molecule has 0 amide bonds. The van der Waals surface area contributed by atoms with Crippen molar-refractivity contribution in [3.05, 3.63) is 0 Å². The van der Waals surface area contributed by atoms with E-state index in [0.29, 0.717) is 6.42 Å². The molecule has 4 nitrogen and oxygen atoms in total. The molecule has 0 spiro atoms. The summed E-state index contributed by atoms with van der Waals surface area (Å²) in [5.74, 6) is 5.14. The molecule has 3 atom stereocenters. The number of hydrogen-bond acceptors (Lipinski definition) is 5. The first-order valence-corrected chi connectivity index (χ1v) is 13.1. The van der Waals surface area contributed by atoms with Gasteiger partial charge >= 0.3 is 103 Å². The van der Waals surface area contributed by atoms with Gasteiger partial charge in [-0.15, -0.1) is 0 Å². The molecule has 4 fully saturated rings. The minimum Gasteiger partial charge on any atom is -1.00 e. The molecule has 2 bridgehead atoms. The van der Waals surface area contributed by atoms with E-state index in [1.54, 1.807) is 0 Å². The second kappa shape index (κ2) is 15.1. The fraction of sp³-hybridized carbons (Fsp3) is 0.944. The first-order valence-electron chi connectivity index (χ1n) is 9.28. The van der Waals surface area contributed by atoms with Crippen LogP contribution in [0.25, 0.3) is 0 Å². The van der Waals surface area contributed by atoms with E-state index < -0.39 is 20.8 Å². The van der Waals surface area contributed by atoms with Crippen LogP contribution >= 0.6 is 23.5 Å². The maximum atomic E-state index is 12.0. The van der Waals surface area contributed by atoms with E-state index in [0.717, 1.165) is 6.42 Å². The van der Waals surface area contributed by atoms with Crippen LogP contribution in [-0.4, -0.2) is 47.0 Å². The summed E-state index contributed by atoms with van der Waals surface area (Å²) in [6.07, 6.45) is 7.29. The Bertz CT molecular complexity index is 567. The van der Waals surface area contributed by atoms with Gasteiger partial charge in [0.15, 0.2) is 5.78 Å². The fourth-order valence-corrected chi connectivity index (χ4v) is 7.83. The van der Waals surface area contributed by atoms with Crippen molar-refractivity contribution in [3.8, 4) is 0 Å². The SMILES string of the molecule is C1CCSC1.C1CCSC1.CC12CCC(C(S(=O)(=O)O)C1=O)C2(C)C.[H-].[H-].[K+].[K+].[Ni]. The summed E-state index contributed by atoms with van der Waals surface area (Å²) in [5, 5.41) is -1.19. The van der Waals surface area contributed by atoms with Gasteiger partial charge in [-0.1, -0.05) is 20.8 Å². The molecular weight excluding hydrogens is 513 g/mol. The normalized spacial score (nSPS) is 31.9. The van der Waals surface area contributed by atoms with Crippen molar-refractivity contribution in [3.63, 3.8) is 0 Å². The zero-order chi connectivity index (χ0) is 18.7. The Morgan fingerprint density at radius 1 is 0.964 bits per heavy atom. The minimum absolute atomic E-state index is 0. The Morgan fingerprint density at radius 3 is 1.54 bits per heavy atom. The summed E-state index contributed by atoms with van der Waals surface area (Å²) in [4.78, 5) is 12.0. The van der Waals surface area contributed by atoms with Crippen LogP contribution < -0.4 is 103 Å². The van der Waals surface area contributed by atoms with E-state index in [1.165, 1.54) is 48.7 Å². The molecule has 3 unspecified atom stereocenters. The summed E-state index contributed by atoms with van der Waals surface area (Å²) >= 11 is 4.15. The number of fused-ring (bicyclic) bond motifs is 2. The van der Waals surface area contributed by atoms with E-state index in [1.807, 2.05) is 20.8 Å². The molecule has 2 aliphatic heterocycles. The zero-order valence-corrected chi connectivity index (χ0v) is 27.6. The zero-order valence-electron chi connectivity index (χ0n) is 19.9. The third-order valence-corrected chi connectivity index (χ3v) is 9.94. The van der Waals surface area contributed by atoms with E-state index >= 15 is 0 Å². The van der Waals surface area contributed by atoms with Crippen molar-refractivity contribution in [2.75, 3.05) is 23.0 Å². The third-order valence-electron chi connectivity index (χ3n) is 6.45.